The summed E-state index contributed by atoms with van der Waals surface area (Å²) in [5, 5.41) is 29.2. The predicted molar refractivity (Wildman–Crippen MR) is 109 cm³/mol. The minimum Gasteiger partial charge on any atom is -0.464 e. The van der Waals surface area contributed by atoms with Crippen molar-refractivity contribution in [3.8, 4) is 11.1 Å². The molecule has 29 heavy (non-hydrogen) atoms. The van der Waals surface area contributed by atoms with E-state index in [4.69, 9.17) is 4.74 Å². The Labute approximate surface area is 175 Å². The Hall–Kier alpha value is -2.46. The second kappa shape index (κ2) is 10.9. The number of aliphatic hydroxyl groups is 3. The number of ether oxygens (including phenoxy) is 2. The first-order valence-electron chi connectivity index (χ1n) is 8.80. The molecule has 1 aromatic heterocycles. The number of aliphatic hydroxyl groups excluding tert-OH is 3. The van der Waals surface area contributed by atoms with Crippen LogP contribution in [0.2, 0.25) is 0 Å². The smallest absolute Gasteiger partial charge is 0.355 e. The van der Waals surface area contributed by atoms with E-state index in [1.54, 1.807) is 31.2 Å². The van der Waals surface area contributed by atoms with Crippen molar-refractivity contribution in [3.05, 3.63) is 50.8 Å². The van der Waals surface area contributed by atoms with Gasteiger partial charge >= 0.3 is 5.97 Å². The summed E-state index contributed by atoms with van der Waals surface area (Å²) in [7, 11) is 0. The first-order valence-corrected chi connectivity index (χ1v) is 9.60. The van der Waals surface area contributed by atoms with Crippen LogP contribution in [0.1, 0.15) is 39.8 Å². The third-order valence-corrected chi connectivity index (χ3v) is 5.07. The number of halogens is 1. The summed E-state index contributed by atoms with van der Waals surface area (Å²) in [6.45, 7) is 1.20. The molecular weight excluding hydrogens is 446 g/mol. The molecule has 0 aliphatic heterocycles. The minimum atomic E-state index is -0.565. The van der Waals surface area contributed by atoms with Crippen LogP contribution < -0.4 is 0 Å². The number of rotatable bonds is 10. The number of carbonyl (C=O) groups excluding carboxylic acids is 2. The molecule has 0 aliphatic carbocycles. The Kier molecular flexibility index (Phi) is 8.59. The number of esters is 1. The summed E-state index contributed by atoms with van der Waals surface area (Å²) < 4.78 is 10.1. The van der Waals surface area contributed by atoms with Gasteiger partial charge in [0.15, 0.2) is 0 Å². The van der Waals surface area contributed by atoms with Gasteiger partial charge in [0.1, 0.15) is 12.3 Å². The summed E-state index contributed by atoms with van der Waals surface area (Å²) >= 11 is 3.43. The van der Waals surface area contributed by atoms with E-state index >= 15 is 0 Å². The SMILES string of the molecule is CCOC(=O)c1[nH]c(/C=C/COC=O)c(-c2ccc(CO)c(CO)c2CO)c1Br. The van der Waals surface area contributed by atoms with Gasteiger partial charge in [0.2, 0.25) is 0 Å². The zero-order valence-electron chi connectivity index (χ0n) is 15.8. The van der Waals surface area contributed by atoms with Gasteiger partial charge in [-0.3, -0.25) is 4.79 Å². The lowest BCUT2D eigenvalue weighted by Crippen LogP contribution is -2.06. The summed E-state index contributed by atoms with van der Waals surface area (Å²) in [6, 6.07) is 3.34. The first-order chi connectivity index (χ1) is 14.0. The van der Waals surface area contributed by atoms with Crippen molar-refractivity contribution in [3.63, 3.8) is 0 Å². The molecule has 0 saturated heterocycles. The molecule has 156 valence electrons. The third-order valence-electron chi connectivity index (χ3n) is 4.28. The van der Waals surface area contributed by atoms with Gasteiger partial charge in [0, 0.05) is 11.3 Å². The van der Waals surface area contributed by atoms with Gasteiger partial charge in [-0.15, -0.1) is 0 Å². The van der Waals surface area contributed by atoms with Gasteiger partial charge in [-0.1, -0.05) is 12.1 Å². The van der Waals surface area contributed by atoms with E-state index in [1.165, 1.54) is 0 Å². The molecular formula is C20H22BrNO7. The van der Waals surface area contributed by atoms with Crippen LogP contribution in [-0.2, 0) is 34.1 Å². The van der Waals surface area contributed by atoms with Crippen LogP contribution >= 0.6 is 15.9 Å². The second-order valence-electron chi connectivity index (χ2n) is 5.86. The summed E-state index contributed by atoms with van der Waals surface area (Å²) in [5.74, 6) is -0.565. The van der Waals surface area contributed by atoms with Gasteiger partial charge in [-0.2, -0.15) is 0 Å². The van der Waals surface area contributed by atoms with Crippen LogP contribution in [0, 0.1) is 0 Å². The van der Waals surface area contributed by atoms with Gasteiger partial charge in [-0.25, -0.2) is 4.79 Å². The molecule has 0 fully saturated rings. The van der Waals surface area contributed by atoms with Crippen molar-refractivity contribution in [2.45, 2.75) is 26.7 Å². The van der Waals surface area contributed by atoms with Crippen LogP contribution in [-0.4, -0.2) is 46.0 Å². The third kappa shape index (κ3) is 4.94. The van der Waals surface area contributed by atoms with E-state index in [0.29, 0.717) is 44.5 Å². The lowest BCUT2D eigenvalue weighted by atomic mass is 9.92. The minimum absolute atomic E-state index is 0.0342. The van der Waals surface area contributed by atoms with E-state index < -0.39 is 5.97 Å². The summed E-state index contributed by atoms with van der Waals surface area (Å²) in [5.41, 5.74) is 3.13. The zero-order valence-corrected chi connectivity index (χ0v) is 17.4. The van der Waals surface area contributed by atoms with Crippen LogP contribution in [0.5, 0.6) is 0 Å². The van der Waals surface area contributed by atoms with Crippen molar-refractivity contribution in [2.24, 2.45) is 0 Å². The van der Waals surface area contributed by atoms with Crippen molar-refractivity contribution >= 4 is 34.4 Å². The maximum atomic E-state index is 12.3. The molecule has 2 aromatic rings. The monoisotopic (exact) mass is 467 g/mol. The molecule has 0 amide bonds. The molecule has 0 unspecified atom stereocenters. The van der Waals surface area contributed by atoms with Gasteiger partial charge in [0.25, 0.3) is 6.47 Å². The maximum Gasteiger partial charge on any atom is 0.355 e. The number of nitrogens with one attached hydrogen (secondary N) is 1. The van der Waals surface area contributed by atoms with Crippen molar-refractivity contribution in [2.75, 3.05) is 13.2 Å². The molecule has 8 nitrogen and oxygen atoms in total. The quantitative estimate of drug-likeness (QED) is 0.239. The predicted octanol–water partition coefficient (Wildman–Crippen LogP) is 2.28. The number of benzene rings is 1. The molecule has 0 atom stereocenters. The molecule has 0 radical (unpaired) electrons. The first kappa shape index (κ1) is 22.8. The van der Waals surface area contributed by atoms with Crippen LogP contribution in [0.4, 0.5) is 0 Å². The number of carbonyl (C=O) groups is 2. The number of H-pyrrole nitrogens is 1. The fourth-order valence-electron chi connectivity index (χ4n) is 2.99. The van der Waals surface area contributed by atoms with E-state index in [-0.39, 0.29) is 38.7 Å². The maximum absolute atomic E-state index is 12.3. The standard InChI is InChI=1S/C20H22BrNO7/c1-2-29-20(27)19-18(21)17(16(22-19)4-3-7-28-11-26)13-6-5-12(8-23)14(9-24)15(13)10-25/h3-6,11,22-25H,2,7-10H2,1H3/b4-3+. The lowest BCUT2D eigenvalue weighted by Gasteiger charge is -2.16. The number of aromatic amines is 1. The molecule has 0 aliphatic rings. The number of hydrogen-bond acceptors (Lipinski definition) is 7. The molecule has 1 aromatic carbocycles. The molecule has 1 heterocycles. The lowest BCUT2D eigenvalue weighted by molar-refractivity contribution is -0.127. The Morgan fingerprint density at radius 3 is 2.48 bits per heavy atom. The molecule has 2 rings (SSSR count). The highest BCUT2D eigenvalue weighted by Crippen LogP contribution is 2.39. The van der Waals surface area contributed by atoms with E-state index in [2.05, 4.69) is 25.7 Å². The van der Waals surface area contributed by atoms with Gasteiger partial charge in [0.05, 0.1) is 30.9 Å². The fraction of sp³-hybridized carbons (Fsp3) is 0.300. The second-order valence-corrected chi connectivity index (χ2v) is 6.65. The zero-order chi connectivity index (χ0) is 21.4. The van der Waals surface area contributed by atoms with Crippen molar-refractivity contribution < 1.29 is 34.4 Å². The fourth-order valence-corrected chi connectivity index (χ4v) is 3.68. The highest BCUT2D eigenvalue weighted by Gasteiger charge is 2.24. The summed E-state index contributed by atoms with van der Waals surface area (Å²) in [4.78, 5) is 25.6. The Balaban J connectivity index is 2.71. The van der Waals surface area contributed by atoms with Crippen molar-refractivity contribution in [1.82, 2.24) is 4.98 Å². The molecule has 0 saturated carbocycles. The largest absolute Gasteiger partial charge is 0.464 e. The molecule has 9 heteroatoms. The molecule has 4 N–H and O–H groups in total. The highest BCUT2D eigenvalue weighted by molar-refractivity contribution is 9.10. The molecule has 0 bridgehead atoms. The number of hydrogen-bond donors (Lipinski definition) is 4. The topological polar surface area (TPSA) is 129 Å². The highest BCUT2D eigenvalue weighted by atomic mass is 79.9. The average molecular weight is 468 g/mol. The van der Waals surface area contributed by atoms with Crippen LogP contribution in [0.15, 0.2) is 22.7 Å². The number of aromatic nitrogens is 1. The van der Waals surface area contributed by atoms with E-state index in [9.17, 15) is 24.9 Å². The van der Waals surface area contributed by atoms with E-state index in [0.717, 1.165) is 0 Å². The molecule has 0 spiro atoms. The van der Waals surface area contributed by atoms with Gasteiger partial charge < -0.3 is 29.8 Å². The normalized spacial score (nSPS) is 11.1. The Morgan fingerprint density at radius 1 is 1.17 bits per heavy atom. The van der Waals surface area contributed by atoms with Crippen LogP contribution in [0.25, 0.3) is 17.2 Å². The van der Waals surface area contributed by atoms with Crippen LogP contribution in [0.3, 0.4) is 0 Å². The average Bonchev–Trinajstić information content (AvgIpc) is 3.06. The Morgan fingerprint density at radius 2 is 1.90 bits per heavy atom. The Bertz CT molecular complexity index is 905. The summed E-state index contributed by atoms with van der Waals surface area (Å²) in [6.07, 6.45) is 3.21. The van der Waals surface area contributed by atoms with Crippen molar-refractivity contribution in [1.29, 1.82) is 0 Å². The van der Waals surface area contributed by atoms with E-state index in [1.807, 2.05) is 0 Å². The van der Waals surface area contributed by atoms with Gasteiger partial charge in [-0.05, 0) is 57.3 Å².